The van der Waals surface area contributed by atoms with Crippen molar-refractivity contribution in [2.24, 2.45) is 0 Å². The van der Waals surface area contributed by atoms with Crippen LogP contribution < -0.4 is 5.56 Å². The summed E-state index contributed by atoms with van der Waals surface area (Å²) in [5, 5.41) is 10.4. The minimum absolute atomic E-state index is 0.182. The second kappa shape index (κ2) is 6.63. The van der Waals surface area contributed by atoms with Gasteiger partial charge in [0.05, 0.1) is 11.3 Å². The van der Waals surface area contributed by atoms with Gasteiger partial charge in [-0.25, -0.2) is 0 Å². The molecule has 0 atom stereocenters. The third-order valence-corrected chi connectivity index (χ3v) is 4.10. The summed E-state index contributed by atoms with van der Waals surface area (Å²) in [7, 11) is 0. The van der Waals surface area contributed by atoms with Gasteiger partial charge in [-0.3, -0.25) is 9.36 Å². The summed E-state index contributed by atoms with van der Waals surface area (Å²) < 4.78 is 1.57. The van der Waals surface area contributed by atoms with Gasteiger partial charge in [-0.15, -0.1) is 6.58 Å². The highest BCUT2D eigenvalue weighted by Crippen LogP contribution is 2.24. The normalized spacial score (nSPS) is 10.6. The van der Waals surface area contributed by atoms with Crippen molar-refractivity contribution < 1.29 is 5.11 Å². The summed E-state index contributed by atoms with van der Waals surface area (Å²) in [4.78, 5) is 16.9. The van der Waals surface area contributed by atoms with Crippen molar-refractivity contribution in [3.8, 4) is 11.6 Å². The van der Waals surface area contributed by atoms with Crippen molar-refractivity contribution >= 4 is 11.8 Å². The van der Waals surface area contributed by atoms with E-state index in [0.717, 1.165) is 11.3 Å². The average Bonchev–Trinajstić information content (AvgIpc) is 2.46. The SMILES string of the molecule is C=CCSc1nc(O)c(CC)c(=O)n1-c1ccccc1C. The number of hydrogen-bond acceptors (Lipinski definition) is 4. The molecule has 0 saturated heterocycles. The number of hydrogen-bond donors (Lipinski definition) is 1. The number of rotatable bonds is 5. The topological polar surface area (TPSA) is 55.1 Å². The van der Waals surface area contributed by atoms with Crippen LogP contribution in [0.15, 0.2) is 46.9 Å². The minimum atomic E-state index is -0.217. The lowest BCUT2D eigenvalue weighted by Gasteiger charge is -2.15. The Labute approximate surface area is 128 Å². The average molecular weight is 302 g/mol. The quantitative estimate of drug-likeness (QED) is 0.524. The molecule has 0 aliphatic rings. The lowest BCUT2D eigenvalue weighted by Crippen LogP contribution is -2.25. The van der Waals surface area contributed by atoms with Crippen molar-refractivity contribution in [3.05, 3.63) is 58.4 Å². The van der Waals surface area contributed by atoms with Crippen LogP contribution in [0.5, 0.6) is 5.88 Å². The van der Waals surface area contributed by atoms with Crippen LogP contribution in [0, 0.1) is 6.92 Å². The molecular weight excluding hydrogens is 284 g/mol. The number of benzene rings is 1. The first-order valence-corrected chi connectivity index (χ1v) is 7.73. The van der Waals surface area contributed by atoms with Crippen LogP contribution in [0.2, 0.25) is 0 Å². The van der Waals surface area contributed by atoms with E-state index < -0.39 is 0 Å². The maximum atomic E-state index is 12.7. The van der Waals surface area contributed by atoms with Gasteiger partial charge in [0, 0.05) is 5.75 Å². The maximum Gasteiger partial charge on any atom is 0.265 e. The predicted octanol–water partition coefficient (Wildman–Crippen LogP) is 3.09. The second-order valence-corrected chi connectivity index (χ2v) is 5.56. The molecule has 0 saturated carbocycles. The monoisotopic (exact) mass is 302 g/mol. The third-order valence-electron chi connectivity index (χ3n) is 3.16. The number of nitrogens with zero attached hydrogens (tertiary/aromatic N) is 2. The van der Waals surface area contributed by atoms with Gasteiger partial charge in [0.15, 0.2) is 5.16 Å². The Kier molecular flexibility index (Phi) is 4.85. The van der Waals surface area contributed by atoms with E-state index in [1.165, 1.54) is 11.8 Å². The molecule has 0 unspecified atom stereocenters. The molecular formula is C16H18N2O2S. The Hall–Kier alpha value is -2.01. The Morgan fingerprint density at radius 2 is 2.14 bits per heavy atom. The first-order chi connectivity index (χ1) is 10.1. The van der Waals surface area contributed by atoms with Gasteiger partial charge in [-0.05, 0) is 25.0 Å². The Morgan fingerprint density at radius 3 is 2.76 bits per heavy atom. The lowest BCUT2D eigenvalue weighted by molar-refractivity contribution is 0.432. The van der Waals surface area contributed by atoms with Crippen LogP contribution >= 0.6 is 11.8 Å². The Balaban J connectivity index is 2.75. The summed E-state index contributed by atoms with van der Waals surface area (Å²) in [6.07, 6.45) is 2.18. The Bertz CT molecular complexity index is 723. The standard InChI is InChI=1S/C16H18N2O2S/c1-4-10-21-16-17-14(19)12(5-2)15(20)18(16)13-9-7-6-8-11(13)3/h4,6-9,19H,1,5,10H2,2-3H3. The van der Waals surface area contributed by atoms with Crippen molar-refractivity contribution in [3.63, 3.8) is 0 Å². The molecule has 1 aromatic heterocycles. The number of thioether (sulfide) groups is 1. The van der Waals surface area contributed by atoms with Crippen LogP contribution in [0.25, 0.3) is 5.69 Å². The van der Waals surface area contributed by atoms with Crippen molar-refractivity contribution in [1.82, 2.24) is 9.55 Å². The van der Waals surface area contributed by atoms with Gasteiger partial charge in [0.25, 0.3) is 5.56 Å². The predicted molar refractivity (Wildman–Crippen MR) is 86.5 cm³/mol. The molecule has 21 heavy (non-hydrogen) atoms. The number of aromatic hydroxyl groups is 1. The summed E-state index contributed by atoms with van der Waals surface area (Å²) in [5.74, 6) is 0.433. The lowest BCUT2D eigenvalue weighted by atomic mass is 10.2. The molecule has 5 heteroatoms. The zero-order chi connectivity index (χ0) is 15.4. The molecule has 1 heterocycles. The third kappa shape index (κ3) is 3.03. The molecule has 0 bridgehead atoms. The van der Waals surface area contributed by atoms with Gasteiger partial charge >= 0.3 is 0 Å². The molecule has 2 aromatic rings. The summed E-state index contributed by atoms with van der Waals surface area (Å²) in [5.41, 5.74) is 1.89. The zero-order valence-corrected chi connectivity index (χ0v) is 13.0. The molecule has 4 nitrogen and oxygen atoms in total. The zero-order valence-electron chi connectivity index (χ0n) is 12.2. The minimum Gasteiger partial charge on any atom is -0.493 e. The molecule has 1 aromatic carbocycles. The van der Waals surface area contributed by atoms with E-state index in [9.17, 15) is 9.90 Å². The first kappa shape index (κ1) is 15.4. The van der Waals surface area contributed by atoms with Crippen LogP contribution in [0.4, 0.5) is 0 Å². The van der Waals surface area contributed by atoms with E-state index in [-0.39, 0.29) is 11.4 Å². The molecule has 0 aliphatic carbocycles. The Morgan fingerprint density at radius 1 is 1.43 bits per heavy atom. The number of aromatic nitrogens is 2. The molecule has 2 rings (SSSR count). The molecule has 110 valence electrons. The largest absolute Gasteiger partial charge is 0.493 e. The van der Waals surface area contributed by atoms with Crippen LogP contribution in [0.3, 0.4) is 0 Å². The van der Waals surface area contributed by atoms with Crippen molar-refractivity contribution in [2.45, 2.75) is 25.4 Å². The van der Waals surface area contributed by atoms with Crippen LogP contribution in [-0.4, -0.2) is 20.4 Å². The van der Waals surface area contributed by atoms with Gasteiger partial charge in [-0.2, -0.15) is 4.98 Å². The fourth-order valence-corrected chi connectivity index (χ4v) is 2.82. The maximum absolute atomic E-state index is 12.7. The van der Waals surface area contributed by atoms with Gasteiger partial charge in [0.2, 0.25) is 5.88 Å². The van der Waals surface area contributed by atoms with E-state index >= 15 is 0 Å². The van der Waals surface area contributed by atoms with E-state index in [4.69, 9.17) is 0 Å². The van der Waals surface area contributed by atoms with Crippen molar-refractivity contribution in [1.29, 1.82) is 0 Å². The van der Waals surface area contributed by atoms with E-state index in [1.54, 1.807) is 10.6 Å². The van der Waals surface area contributed by atoms with Crippen LogP contribution in [-0.2, 0) is 6.42 Å². The molecule has 0 spiro atoms. The fourth-order valence-electron chi connectivity index (χ4n) is 2.09. The van der Waals surface area contributed by atoms with E-state index in [1.807, 2.05) is 38.1 Å². The van der Waals surface area contributed by atoms with Crippen molar-refractivity contribution in [2.75, 3.05) is 5.75 Å². The van der Waals surface area contributed by atoms with E-state index in [2.05, 4.69) is 11.6 Å². The van der Waals surface area contributed by atoms with Gasteiger partial charge < -0.3 is 5.11 Å². The highest BCUT2D eigenvalue weighted by atomic mass is 32.2. The van der Waals surface area contributed by atoms with Gasteiger partial charge in [-0.1, -0.05) is 43.0 Å². The second-order valence-electron chi connectivity index (χ2n) is 4.58. The number of para-hydroxylation sites is 1. The molecule has 1 N–H and O–H groups in total. The van der Waals surface area contributed by atoms with Gasteiger partial charge in [0.1, 0.15) is 0 Å². The van der Waals surface area contributed by atoms with Crippen LogP contribution in [0.1, 0.15) is 18.1 Å². The summed E-state index contributed by atoms with van der Waals surface area (Å²) >= 11 is 1.37. The molecule has 0 amide bonds. The smallest absolute Gasteiger partial charge is 0.265 e. The highest BCUT2D eigenvalue weighted by Gasteiger charge is 2.17. The molecule has 0 aliphatic heterocycles. The summed E-state index contributed by atoms with van der Waals surface area (Å²) in [6.45, 7) is 7.45. The molecule has 0 fully saturated rings. The molecule has 0 radical (unpaired) electrons. The van der Waals surface area contributed by atoms with E-state index in [0.29, 0.717) is 22.9 Å². The fraction of sp³-hybridized carbons (Fsp3) is 0.250. The highest BCUT2D eigenvalue weighted by molar-refractivity contribution is 7.99. The first-order valence-electron chi connectivity index (χ1n) is 6.74. The number of aryl methyl sites for hydroxylation is 1. The summed E-state index contributed by atoms with van der Waals surface area (Å²) in [6, 6.07) is 7.64.